The average Bonchev–Trinajstić information content (AvgIpc) is 3.02. The largest absolute Gasteiger partial charge is 0.464 e. The van der Waals surface area contributed by atoms with E-state index >= 15 is 0 Å². The molecule has 0 saturated carbocycles. The summed E-state index contributed by atoms with van der Waals surface area (Å²) in [6, 6.07) is 4.55. The fraction of sp³-hybridized carbons (Fsp3) is 0.474. The Balaban J connectivity index is 1.66. The summed E-state index contributed by atoms with van der Waals surface area (Å²) in [5, 5.41) is 2.90. The van der Waals surface area contributed by atoms with Gasteiger partial charge in [-0.1, -0.05) is 26.8 Å². The van der Waals surface area contributed by atoms with Crippen LogP contribution in [0.5, 0.6) is 11.5 Å². The summed E-state index contributed by atoms with van der Waals surface area (Å²) in [5.74, 6) is -0.490. The van der Waals surface area contributed by atoms with Crippen LogP contribution in [0.4, 0.5) is 4.79 Å². The molecular formula is C38H47NO11. The van der Waals surface area contributed by atoms with Gasteiger partial charge in [0.15, 0.2) is 30.9 Å². The summed E-state index contributed by atoms with van der Waals surface area (Å²) >= 11 is 0. The summed E-state index contributed by atoms with van der Waals surface area (Å²) in [4.78, 5) is 54.4. The number of Topliss-reactive ketones (excluding diaryl/α,β-unsaturated/α-hetero) is 1. The fourth-order valence-corrected chi connectivity index (χ4v) is 5.60. The topological polar surface area (TPSA) is 149 Å². The number of carbonyl (C=O) groups is 3. The van der Waals surface area contributed by atoms with Crippen LogP contribution >= 0.6 is 0 Å². The van der Waals surface area contributed by atoms with Crippen molar-refractivity contribution < 1.29 is 47.2 Å². The van der Waals surface area contributed by atoms with E-state index in [-0.39, 0.29) is 65.1 Å². The monoisotopic (exact) mass is 693 g/mol. The zero-order valence-electron chi connectivity index (χ0n) is 30.5. The SMILES string of the molecule is COCOc1cc2c(cc1OCOC)C(=O)C(c1coc3cc(C)c(C)c(C(=O)OCC[C@H](NC(=O)OC(C)(C)C)C(C)(C)C)c3c1=O)=CC2. The lowest BCUT2D eigenvalue weighted by atomic mass is 9.85. The number of esters is 1. The molecule has 4 rings (SSSR count). The van der Waals surface area contributed by atoms with Crippen LogP contribution in [-0.4, -0.2) is 63.9 Å². The maximum atomic E-state index is 14.2. The van der Waals surface area contributed by atoms with Gasteiger partial charge in [-0.25, -0.2) is 9.59 Å². The minimum atomic E-state index is -0.719. The number of nitrogens with one attached hydrogen (secondary N) is 1. The van der Waals surface area contributed by atoms with Gasteiger partial charge >= 0.3 is 12.1 Å². The second-order valence-electron chi connectivity index (χ2n) is 14.2. The molecule has 50 heavy (non-hydrogen) atoms. The van der Waals surface area contributed by atoms with Gasteiger partial charge in [0, 0.05) is 37.8 Å². The molecule has 1 atom stereocenters. The Labute approximate surface area is 292 Å². The molecule has 0 unspecified atom stereocenters. The Morgan fingerprint density at radius 3 is 2.16 bits per heavy atom. The van der Waals surface area contributed by atoms with Crippen LogP contribution in [0.3, 0.4) is 0 Å². The number of aryl methyl sites for hydroxylation is 1. The van der Waals surface area contributed by atoms with E-state index in [0.29, 0.717) is 35.3 Å². The van der Waals surface area contributed by atoms with Gasteiger partial charge in [-0.2, -0.15) is 0 Å². The summed E-state index contributed by atoms with van der Waals surface area (Å²) in [7, 11) is 2.96. The number of carbonyl (C=O) groups excluding carboxylic acids is 3. The number of hydrogen-bond acceptors (Lipinski definition) is 11. The standard InChI is InChI=1S/C38H47NO11/c1-21-15-29-32(31(22(21)2)35(42)46-14-13-30(37(3,4)5)39-36(43)50-38(6,7)8)34(41)26(18-47-29)24-12-11-23-16-27(48-19-44-9)28(49-20-45-10)17-25(23)33(24)40/h12,15-18,30H,11,13-14,19-20H2,1-10H3,(H,39,43)/t30-/m0/s1. The molecule has 0 radical (unpaired) electrons. The van der Waals surface area contributed by atoms with E-state index in [0.717, 1.165) is 5.56 Å². The highest BCUT2D eigenvalue weighted by Gasteiger charge is 2.31. The van der Waals surface area contributed by atoms with Crippen molar-refractivity contribution in [2.24, 2.45) is 5.41 Å². The number of benzene rings is 2. The highest BCUT2D eigenvalue weighted by Crippen LogP contribution is 2.37. The van der Waals surface area contributed by atoms with Crippen LogP contribution in [0.2, 0.25) is 0 Å². The second-order valence-corrected chi connectivity index (χ2v) is 14.2. The minimum absolute atomic E-state index is 0.0129. The van der Waals surface area contributed by atoms with Crippen LogP contribution in [0, 0.1) is 19.3 Å². The van der Waals surface area contributed by atoms with E-state index in [1.807, 2.05) is 20.8 Å². The smallest absolute Gasteiger partial charge is 0.407 e. The number of ketones is 1. The molecule has 1 aliphatic rings. The molecule has 1 amide bonds. The Bertz CT molecular complexity index is 1860. The van der Waals surface area contributed by atoms with Crippen molar-refractivity contribution in [1.29, 1.82) is 0 Å². The molecule has 1 aliphatic carbocycles. The molecule has 1 aromatic heterocycles. The van der Waals surface area contributed by atoms with E-state index < -0.39 is 28.9 Å². The van der Waals surface area contributed by atoms with Gasteiger partial charge in [0.1, 0.15) is 17.4 Å². The molecule has 0 saturated heterocycles. The lowest BCUT2D eigenvalue weighted by Crippen LogP contribution is -2.46. The Morgan fingerprint density at radius 1 is 0.920 bits per heavy atom. The predicted octanol–water partition coefficient (Wildman–Crippen LogP) is 6.68. The zero-order chi connectivity index (χ0) is 37.0. The van der Waals surface area contributed by atoms with Crippen molar-refractivity contribution in [3.8, 4) is 11.5 Å². The van der Waals surface area contributed by atoms with Crippen molar-refractivity contribution in [2.45, 2.75) is 79.9 Å². The molecule has 0 bridgehead atoms. The average molecular weight is 694 g/mol. The van der Waals surface area contributed by atoms with E-state index in [2.05, 4.69) is 5.32 Å². The summed E-state index contributed by atoms with van der Waals surface area (Å²) in [6.45, 7) is 14.6. The first-order chi connectivity index (χ1) is 23.5. The summed E-state index contributed by atoms with van der Waals surface area (Å²) in [6.07, 6.45) is 2.95. The van der Waals surface area contributed by atoms with E-state index in [1.165, 1.54) is 20.5 Å². The molecule has 12 heteroatoms. The molecule has 2 aromatic carbocycles. The van der Waals surface area contributed by atoms with Gasteiger partial charge in [-0.15, -0.1) is 0 Å². The molecule has 3 aromatic rings. The van der Waals surface area contributed by atoms with Crippen molar-refractivity contribution in [3.05, 3.63) is 74.1 Å². The molecule has 0 fully saturated rings. The first kappa shape index (κ1) is 38.1. The van der Waals surface area contributed by atoms with Crippen LogP contribution in [-0.2, 0) is 25.4 Å². The summed E-state index contributed by atoms with van der Waals surface area (Å²) < 4.78 is 38.4. The lowest BCUT2D eigenvalue weighted by molar-refractivity contribution is 0.0321. The number of alkyl carbamates (subject to hydrolysis) is 1. The number of hydrogen-bond donors (Lipinski definition) is 1. The van der Waals surface area contributed by atoms with Crippen LogP contribution in [0.15, 0.2) is 39.7 Å². The Morgan fingerprint density at radius 2 is 1.56 bits per heavy atom. The van der Waals surface area contributed by atoms with Gasteiger partial charge in [0.25, 0.3) is 0 Å². The third-order valence-electron chi connectivity index (χ3n) is 8.31. The third kappa shape index (κ3) is 8.72. The van der Waals surface area contributed by atoms with E-state index in [4.69, 9.17) is 32.8 Å². The van der Waals surface area contributed by atoms with Gasteiger partial charge in [0.05, 0.1) is 23.1 Å². The second kappa shape index (κ2) is 15.5. The molecule has 12 nitrogen and oxygen atoms in total. The first-order valence-electron chi connectivity index (χ1n) is 16.3. The molecule has 1 N–H and O–H groups in total. The van der Waals surface area contributed by atoms with Gasteiger partial charge < -0.3 is 38.2 Å². The van der Waals surface area contributed by atoms with Crippen LogP contribution in [0.1, 0.15) is 90.9 Å². The number of allylic oxidation sites excluding steroid dienone is 2. The lowest BCUT2D eigenvalue weighted by Gasteiger charge is -2.32. The molecule has 270 valence electrons. The maximum Gasteiger partial charge on any atom is 0.407 e. The number of amides is 1. The Kier molecular flexibility index (Phi) is 11.8. The zero-order valence-corrected chi connectivity index (χ0v) is 30.5. The molecule has 0 spiro atoms. The fourth-order valence-electron chi connectivity index (χ4n) is 5.60. The van der Waals surface area contributed by atoms with Crippen molar-refractivity contribution in [2.75, 3.05) is 34.4 Å². The number of fused-ring (bicyclic) bond motifs is 2. The highest BCUT2D eigenvalue weighted by molar-refractivity contribution is 6.30. The van der Waals surface area contributed by atoms with Gasteiger partial charge in [0.2, 0.25) is 5.43 Å². The van der Waals surface area contributed by atoms with E-state index in [1.54, 1.807) is 58.9 Å². The van der Waals surface area contributed by atoms with Crippen molar-refractivity contribution in [1.82, 2.24) is 5.32 Å². The first-order valence-corrected chi connectivity index (χ1v) is 16.3. The predicted molar refractivity (Wildman–Crippen MR) is 187 cm³/mol. The van der Waals surface area contributed by atoms with E-state index in [9.17, 15) is 19.2 Å². The number of ether oxygens (including phenoxy) is 6. The Hall–Kier alpha value is -4.68. The quantitative estimate of drug-likeness (QED) is 0.160. The normalized spacial score (nSPS) is 13.7. The van der Waals surface area contributed by atoms with Gasteiger partial charge in [-0.05, 0) is 81.3 Å². The molecule has 1 heterocycles. The minimum Gasteiger partial charge on any atom is -0.464 e. The van der Waals surface area contributed by atoms with Crippen molar-refractivity contribution >= 4 is 34.4 Å². The van der Waals surface area contributed by atoms with Crippen molar-refractivity contribution in [3.63, 3.8) is 0 Å². The number of methoxy groups -OCH3 is 2. The number of rotatable bonds is 12. The highest BCUT2D eigenvalue weighted by atomic mass is 16.7. The summed E-state index contributed by atoms with van der Waals surface area (Å²) in [5.41, 5.74) is 1.06. The maximum absolute atomic E-state index is 14.2. The van der Waals surface area contributed by atoms with Crippen LogP contribution < -0.4 is 20.2 Å². The molecule has 0 aliphatic heterocycles. The van der Waals surface area contributed by atoms with Crippen LogP contribution in [0.25, 0.3) is 16.5 Å². The molecular weight excluding hydrogens is 646 g/mol. The third-order valence-corrected chi connectivity index (χ3v) is 8.31. The van der Waals surface area contributed by atoms with Gasteiger partial charge in [-0.3, -0.25) is 9.59 Å².